The van der Waals surface area contributed by atoms with E-state index in [9.17, 15) is 0 Å². The van der Waals surface area contributed by atoms with Gasteiger partial charge < -0.3 is 19.5 Å². The summed E-state index contributed by atoms with van der Waals surface area (Å²) in [4.78, 5) is 11.5. The second kappa shape index (κ2) is 6.97. The summed E-state index contributed by atoms with van der Waals surface area (Å²) in [5, 5.41) is 4.16. The van der Waals surface area contributed by atoms with E-state index in [0.29, 0.717) is 17.2 Å². The Morgan fingerprint density at radius 3 is 2.48 bits per heavy atom. The fraction of sp³-hybridized carbons (Fsp3) is 0.500. The molecule has 0 radical (unpaired) electrons. The molecule has 0 saturated carbocycles. The normalized spacial score (nSPS) is 15.6. The van der Waals surface area contributed by atoms with Crippen LogP contribution < -0.4 is 19.5 Å². The third kappa shape index (κ3) is 3.16. The van der Waals surface area contributed by atoms with Crippen molar-refractivity contribution in [3.8, 4) is 17.2 Å². The van der Waals surface area contributed by atoms with E-state index in [0.717, 1.165) is 49.5 Å². The van der Waals surface area contributed by atoms with Crippen LogP contribution in [0.2, 0.25) is 0 Å². The Labute approximate surface area is 135 Å². The smallest absolute Gasteiger partial charge is 0.204 e. The van der Waals surface area contributed by atoms with Gasteiger partial charge in [-0.25, -0.2) is 9.97 Å². The molecule has 0 atom stereocenters. The van der Waals surface area contributed by atoms with Gasteiger partial charge in [-0.05, 0) is 0 Å². The predicted octanol–water partition coefficient (Wildman–Crippen LogP) is 1.06. The third-order valence-electron chi connectivity index (χ3n) is 4.01. The summed E-state index contributed by atoms with van der Waals surface area (Å²) in [7, 11) is 4.79. The van der Waals surface area contributed by atoms with Crippen molar-refractivity contribution in [2.75, 3.05) is 47.5 Å². The minimum Gasteiger partial charge on any atom is -0.493 e. The Bertz CT molecular complexity index is 687. The molecule has 0 unspecified atom stereocenters. The molecule has 1 aliphatic heterocycles. The first-order chi connectivity index (χ1) is 11.3. The number of aromatic nitrogens is 2. The summed E-state index contributed by atoms with van der Waals surface area (Å²) in [5.74, 6) is 2.55. The molecule has 1 aromatic carbocycles. The zero-order valence-electron chi connectivity index (χ0n) is 13.8. The molecule has 0 aliphatic carbocycles. The van der Waals surface area contributed by atoms with Crippen molar-refractivity contribution in [2.45, 2.75) is 6.54 Å². The van der Waals surface area contributed by atoms with Gasteiger partial charge in [0.1, 0.15) is 5.82 Å². The zero-order valence-corrected chi connectivity index (χ0v) is 13.8. The van der Waals surface area contributed by atoms with Gasteiger partial charge in [0, 0.05) is 38.4 Å². The third-order valence-corrected chi connectivity index (χ3v) is 4.01. The van der Waals surface area contributed by atoms with E-state index in [1.807, 2.05) is 6.07 Å². The maximum absolute atomic E-state index is 5.48. The number of hydrogen-bond acceptors (Lipinski definition) is 7. The van der Waals surface area contributed by atoms with Crippen LogP contribution in [0.4, 0.5) is 0 Å². The number of ether oxygens (including phenoxy) is 3. The highest BCUT2D eigenvalue weighted by atomic mass is 16.5. The van der Waals surface area contributed by atoms with Crippen LogP contribution in [-0.2, 0) is 6.54 Å². The Hall–Kier alpha value is -2.12. The van der Waals surface area contributed by atoms with Crippen LogP contribution in [0.15, 0.2) is 12.3 Å². The van der Waals surface area contributed by atoms with Crippen molar-refractivity contribution in [1.29, 1.82) is 0 Å². The van der Waals surface area contributed by atoms with Crippen LogP contribution in [0.25, 0.3) is 10.9 Å². The van der Waals surface area contributed by atoms with Crippen LogP contribution in [0.1, 0.15) is 5.82 Å². The highest BCUT2D eigenvalue weighted by molar-refractivity contribution is 5.89. The first-order valence-corrected chi connectivity index (χ1v) is 7.64. The van der Waals surface area contributed by atoms with Crippen LogP contribution in [0, 0.1) is 0 Å². The lowest BCUT2D eigenvalue weighted by atomic mass is 10.2. The quantitative estimate of drug-likeness (QED) is 0.884. The molecule has 0 spiro atoms. The van der Waals surface area contributed by atoms with Gasteiger partial charge in [0.2, 0.25) is 5.75 Å². The van der Waals surface area contributed by atoms with Gasteiger partial charge in [-0.3, -0.25) is 4.90 Å². The Balaban J connectivity index is 1.98. The van der Waals surface area contributed by atoms with Crippen LogP contribution in [0.5, 0.6) is 17.2 Å². The van der Waals surface area contributed by atoms with Crippen molar-refractivity contribution in [1.82, 2.24) is 20.2 Å². The fourth-order valence-corrected chi connectivity index (χ4v) is 2.84. The lowest BCUT2D eigenvalue weighted by Gasteiger charge is -2.26. The molecular formula is C16H22N4O3. The number of methoxy groups -OCH3 is 3. The highest BCUT2D eigenvalue weighted by Gasteiger charge is 2.18. The van der Waals surface area contributed by atoms with E-state index in [4.69, 9.17) is 14.2 Å². The summed E-state index contributed by atoms with van der Waals surface area (Å²) in [6, 6.07) is 1.86. The first kappa shape index (κ1) is 15.8. The molecular weight excluding hydrogens is 296 g/mol. The summed E-state index contributed by atoms with van der Waals surface area (Å²) < 4.78 is 16.3. The lowest BCUT2D eigenvalue weighted by molar-refractivity contribution is 0.228. The maximum atomic E-state index is 5.48. The molecule has 7 nitrogen and oxygen atoms in total. The van der Waals surface area contributed by atoms with Crippen molar-refractivity contribution >= 4 is 10.9 Å². The number of nitrogens with one attached hydrogen (secondary N) is 1. The number of rotatable bonds is 5. The minimum atomic E-state index is 0.556. The highest BCUT2D eigenvalue weighted by Crippen LogP contribution is 2.42. The number of fused-ring (bicyclic) bond motifs is 1. The number of nitrogens with zero attached hydrogens (tertiary/aromatic N) is 3. The van der Waals surface area contributed by atoms with Gasteiger partial charge in [0.05, 0.1) is 38.8 Å². The van der Waals surface area contributed by atoms with Crippen LogP contribution in [0.3, 0.4) is 0 Å². The minimum absolute atomic E-state index is 0.556. The monoisotopic (exact) mass is 318 g/mol. The maximum Gasteiger partial charge on any atom is 0.204 e. The summed E-state index contributed by atoms with van der Waals surface area (Å²) in [6.07, 6.45) is 1.79. The van der Waals surface area contributed by atoms with E-state index in [1.165, 1.54) is 0 Å². The standard InChI is InChI=1S/C16H22N4O3/c1-21-13-8-12-11(15(22-2)16(13)23-3)9-18-14(19-12)10-20-6-4-17-5-7-20/h8-9,17H,4-7,10H2,1-3H3. The molecule has 124 valence electrons. The number of benzene rings is 1. The largest absolute Gasteiger partial charge is 0.493 e. The SMILES string of the molecule is COc1cc2nc(CN3CCNCC3)ncc2c(OC)c1OC. The van der Waals surface area contributed by atoms with Gasteiger partial charge in [-0.2, -0.15) is 0 Å². The van der Waals surface area contributed by atoms with E-state index >= 15 is 0 Å². The Kier molecular flexibility index (Phi) is 4.78. The molecule has 0 bridgehead atoms. The Morgan fingerprint density at radius 2 is 1.83 bits per heavy atom. The second-order valence-corrected chi connectivity index (χ2v) is 5.39. The predicted molar refractivity (Wildman–Crippen MR) is 87.3 cm³/mol. The summed E-state index contributed by atoms with van der Waals surface area (Å²) in [6.45, 7) is 4.78. The topological polar surface area (TPSA) is 68.7 Å². The van der Waals surface area contributed by atoms with Gasteiger partial charge in [0.15, 0.2) is 11.5 Å². The first-order valence-electron chi connectivity index (χ1n) is 7.64. The molecule has 1 aromatic heterocycles. The van der Waals surface area contributed by atoms with Crippen molar-refractivity contribution in [2.24, 2.45) is 0 Å². The lowest BCUT2D eigenvalue weighted by Crippen LogP contribution is -2.43. The second-order valence-electron chi connectivity index (χ2n) is 5.39. The molecule has 1 aliphatic rings. The fourth-order valence-electron chi connectivity index (χ4n) is 2.84. The summed E-state index contributed by atoms with van der Waals surface area (Å²) in [5.41, 5.74) is 0.791. The van der Waals surface area contributed by atoms with Gasteiger partial charge in [-0.1, -0.05) is 0 Å². The summed E-state index contributed by atoms with van der Waals surface area (Å²) >= 11 is 0. The number of piperazine rings is 1. The molecule has 1 N–H and O–H groups in total. The molecule has 23 heavy (non-hydrogen) atoms. The molecule has 1 fully saturated rings. The van der Waals surface area contributed by atoms with Crippen LogP contribution >= 0.6 is 0 Å². The van der Waals surface area contributed by atoms with Gasteiger partial charge in [0.25, 0.3) is 0 Å². The van der Waals surface area contributed by atoms with Gasteiger partial charge in [-0.15, -0.1) is 0 Å². The average molecular weight is 318 g/mol. The average Bonchev–Trinajstić information content (AvgIpc) is 2.60. The van der Waals surface area contributed by atoms with Gasteiger partial charge >= 0.3 is 0 Å². The van der Waals surface area contributed by atoms with Crippen molar-refractivity contribution in [3.05, 3.63) is 18.1 Å². The van der Waals surface area contributed by atoms with Crippen LogP contribution in [-0.4, -0.2) is 62.4 Å². The molecule has 0 amide bonds. The molecule has 3 rings (SSSR count). The Morgan fingerprint density at radius 1 is 1.09 bits per heavy atom. The van der Waals surface area contributed by atoms with E-state index in [-0.39, 0.29) is 0 Å². The van der Waals surface area contributed by atoms with E-state index in [1.54, 1.807) is 27.5 Å². The molecule has 2 aromatic rings. The zero-order chi connectivity index (χ0) is 16.2. The van der Waals surface area contributed by atoms with E-state index in [2.05, 4.69) is 20.2 Å². The van der Waals surface area contributed by atoms with Crippen molar-refractivity contribution < 1.29 is 14.2 Å². The molecule has 1 saturated heterocycles. The molecule has 2 heterocycles. The number of hydrogen-bond donors (Lipinski definition) is 1. The van der Waals surface area contributed by atoms with E-state index < -0.39 is 0 Å². The van der Waals surface area contributed by atoms with Crippen molar-refractivity contribution in [3.63, 3.8) is 0 Å². The molecule has 7 heteroatoms.